The maximum Gasteiger partial charge on any atom is 0.0249 e. The predicted octanol–water partition coefficient (Wildman–Crippen LogP) is 3.55. The van der Waals surface area contributed by atoms with E-state index in [1.165, 1.54) is 70.8 Å². The number of hydrogen-bond donors (Lipinski definition) is 1. The number of hydrogen-bond acceptors (Lipinski definition) is 2. The molecule has 0 spiro atoms. The van der Waals surface area contributed by atoms with Gasteiger partial charge in [-0.1, -0.05) is 39.0 Å². The lowest BCUT2D eigenvalue weighted by molar-refractivity contribution is 0.0484. The average molecular weight is 252 g/mol. The molecule has 2 rings (SSSR count). The number of rotatable bonds is 5. The Morgan fingerprint density at radius 1 is 1.06 bits per heavy atom. The molecule has 0 aromatic carbocycles. The topological polar surface area (TPSA) is 29.3 Å². The van der Waals surface area contributed by atoms with E-state index in [1.54, 1.807) is 0 Å². The molecule has 1 saturated carbocycles. The van der Waals surface area contributed by atoms with E-state index in [2.05, 4.69) is 11.8 Å². The molecule has 0 amide bonds. The quantitative estimate of drug-likeness (QED) is 0.811. The average Bonchev–Trinajstić information content (AvgIpc) is 2.43. The van der Waals surface area contributed by atoms with Crippen molar-refractivity contribution in [3.8, 4) is 0 Å². The number of nitrogens with two attached hydrogens (primary N) is 1. The summed E-state index contributed by atoms with van der Waals surface area (Å²) < 4.78 is 0. The minimum atomic E-state index is 0.683. The summed E-state index contributed by atoms with van der Waals surface area (Å²) in [6.45, 7) is 4.51. The summed E-state index contributed by atoms with van der Waals surface area (Å²) >= 11 is 0. The minimum absolute atomic E-state index is 0.683. The lowest BCUT2D eigenvalue weighted by Crippen LogP contribution is -2.52. The van der Waals surface area contributed by atoms with Crippen LogP contribution in [0, 0.1) is 5.92 Å². The second-order valence-corrected chi connectivity index (χ2v) is 6.38. The highest BCUT2D eigenvalue weighted by Gasteiger charge is 2.32. The highest BCUT2D eigenvalue weighted by molar-refractivity contribution is 4.88. The fourth-order valence-electron chi connectivity index (χ4n) is 4.22. The minimum Gasteiger partial charge on any atom is -0.329 e. The van der Waals surface area contributed by atoms with Crippen molar-refractivity contribution in [3.63, 3.8) is 0 Å². The molecule has 2 nitrogen and oxygen atoms in total. The summed E-state index contributed by atoms with van der Waals surface area (Å²) in [5.74, 6) is 0.890. The van der Waals surface area contributed by atoms with Crippen LogP contribution in [0.1, 0.15) is 71.1 Å². The molecule has 106 valence electrons. The molecular weight excluding hydrogens is 220 g/mol. The van der Waals surface area contributed by atoms with E-state index in [-0.39, 0.29) is 0 Å². The Morgan fingerprint density at radius 2 is 1.78 bits per heavy atom. The van der Waals surface area contributed by atoms with Crippen molar-refractivity contribution in [1.82, 2.24) is 4.90 Å². The van der Waals surface area contributed by atoms with Crippen LogP contribution < -0.4 is 5.73 Å². The number of likely N-dealkylation sites (tertiary alicyclic amines) is 1. The van der Waals surface area contributed by atoms with Gasteiger partial charge in [0.1, 0.15) is 0 Å². The molecule has 2 unspecified atom stereocenters. The third-order valence-corrected chi connectivity index (χ3v) is 5.16. The molecule has 1 heterocycles. The molecule has 2 fully saturated rings. The molecule has 0 bridgehead atoms. The van der Waals surface area contributed by atoms with E-state index in [1.807, 2.05) is 0 Å². The summed E-state index contributed by atoms with van der Waals surface area (Å²) in [5.41, 5.74) is 6.15. The van der Waals surface area contributed by atoms with Crippen molar-refractivity contribution in [1.29, 1.82) is 0 Å². The largest absolute Gasteiger partial charge is 0.329 e. The normalized spacial score (nSPS) is 29.3. The molecule has 1 aliphatic carbocycles. The van der Waals surface area contributed by atoms with E-state index in [9.17, 15) is 0 Å². The molecule has 2 N–H and O–H groups in total. The number of piperidine rings is 1. The highest BCUT2D eigenvalue weighted by Crippen LogP contribution is 2.32. The smallest absolute Gasteiger partial charge is 0.0249 e. The molecule has 1 saturated heterocycles. The Bertz CT molecular complexity index is 210. The first-order chi connectivity index (χ1) is 8.86. The van der Waals surface area contributed by atoms with Gasteiger partial charge in [0.15, 0.2) is 0 Å². The van der Waals surface area contributed by atoms with Crippen LogP contribution in [0.15, 0.2) is 0 Å². The van der Waals surface area contributed by atoms with Crippen LogP contribution in [-0.2, 0) is 0 Å². The first kappa shape index (κ1) is 14.3. The third-order valence-electron chi connectivity index (χ3n) is 5.16. The zero-order valence-electron chi connectivity index (χ0n) is 12.2. The molecule has 0 aromatic heterocycles. The lowest BCUT2D eigenvalue weighted by Gasteiger charge is -2.45. The van der Waals surface area contributed by atoms with Crippen LogP contribution >= 0.6 is 0 Å². The Hall–Kier alpha value is -0.0800. The molecule has 1 aliphatic heterocycles. The Kier molecular flexibility index (Phi) is 5.97. The highest BCUT2D eigenvalue weighted by atomic mass is 15.2. The van der Waals surface area contributed by atoms with Crippen molar-refractivity contribution in [2.24, 2.45) is 11.7 Å². The predicted molar refractivity (Wildman–Crippen MR) is 78.7 cm³/mol. The maximum atomic E-state index is 6.15. The monoisotopic (exact) mass is 252 g/mol. The third kappa shape index (κ3) is 3.48. The molecule has 2 aliphatic rings. The van der Waals surface area contributed by atoms with E-state index in [4.69, 9.17) is 5.73 Å². The Balaban J connectivity index is 1.98. The molecular formula is C16H32N2. The molecule has 18 heavy (non-hydrogen) atoms. The van der Waals surface area contributed by atoms with Gasteiger partial charge in [-0.15, -0.1) is 0 Å². The van der Waals surface area contributed by atoms with Crippen molar-refractivity contribution in [2.45, 2.75) is 83.2 Å². The Morgan fingerprint density at radius 3 is 2.44 bits per heavy atom. The van der Waals surface area contributed by atoms with Gasteiger partial charge in [0, 0.05) is 18.6 Å². The summed E-state index contributed by atoms with van der Waals surface area (Å²) in [7, 11) is 0. The first-order valence-corrected chi connectivity index (χ1v) is 8.32. The summed E-state index contributed by atoms with van der Waals surface area (Å²) in [6.07, 6.45) is 14.1. The van der Waals surface area contributed by atoms with Gasteiger partial charge in [-0.3, -0.25) is 4.90 Å². The van der Waals surface area contributed by atoms with Gasteiger partial charge in [0.25, 0.3) is 0 Å². The fourth-order valence-corrected chi connectivity index (χ4v) is 4.22. The molecule has 2 heteroatoms. The van der Waals surface area contributed by atoms with Crippen LogP contribution in [0.3, 0.4) is 0 Å². The van der Waals surface area contributed by atoms with Crippen molar-refractivity contribution in [3.05, 3.63) is 0 Å². The van der Waals surface area contributed by atoms with Crippen molar-refractivity contribution in [2.75, 3.05) is 13.1 Å². The van der Waals surface area contributed by atoms with Crippen molar-refractivity contribution >= 4 is 0 Å². The molecule has 0 aromatic rings. The Labute approximate surface area is 113 Å². The van der Waals surface area contributed by atoms with E-state index < -0.39 is 0 Å². The second-order valence-electron chi connectivity index (χ2n) is 6.38. The lowest BCUT2D eigenvalue weighted by atomic mass is 9.81. The van der Waals surface area contributed by atoms with Crippen LogP contribution in [0.5, 0.6) is 0 Å². The van der Waals surface area contributed by atoms with Gasteiger partial charge in [-0.25, -0.2) is 0 Å². The standard InChI is InChI=1S/C16H32N2/c1-2-8-15-11-6-7-12-18(15)16(13-17)14-9-4-3-5-10-14/h14-16H,2-13,17H2,1H3. The van der Waals surface area contributed by atoms with Crippen LogP contribution in [0.4, 0.5) is 0 Å². The van der Waals surface area contributed by atoms with Gasteiger partial charge in [0.05, 0.1) is 0 Å². The van der Waals surface area contributed by atoms with Crippen LogP contribution in [-0.4, -0.2) is 30.1 Å². The summed E-state index contributed by atoms with van der Waals surface area (Å²) in [5, 5.41) is 0. The zero-order chi connectivity index (χ0) is 12.8. The van der Waals surface area contributed by atoms with Crippen LogP contribution in [0.25, 0.3) is 0 Å². The molecule has 0 radical (unpaired) electrons. The SMILES string of the molecule is CCCC1CCCCN1C(CN)C1CCCCC1. The van der Waals surface area contributed by atoms with Gasteiger partial charge < -0.3 is 5.73 Å². The number of nitrogens with zero attached hydrogens (tertiary/aromatic N) is 1. The molecule has 2 atom stereocenters. The van der Waals surface area contributed by atoms with Crippen molar-refractivity contribution < 1.29 is 0 Å². The van der Waals surface area contributed by atoms with Gasteiger partial charge in [-0.2, -0.15) is 0 Å². The van der Waals surface area contributed by atoms with E-state index in [0.29, 0.717) is 6.04 Å². The first-order valence-electron chi connectivity index (χ1n) is 8.32. The zero-order valence-corrected chi connectivity index (χ0v) is 12.2. The summed E-state index contributed by atoms with van der Waals surface area (Å²) in [6, 6.07) is 1.52. The maximum absolute atomic E-state index is 6.15. The fraction of sp³-hybridized carbons (Fsp3) is 1.00. The second kappa shape index (κ2) is 7.49. The van der Waals surface area contributed by atoms with Gasteiger partial charge in [-0.05, 0) is 44.6 Å². The van der Waals surface area contributed by atoms with Gasteiger partial charge in [0.2, 0.25) is 0 Å². The van der Waals surface area contributed by atoms with Gasteiger partial charge >= 0.3 is 0 Å². The van der Waals surface area contributed by atoms with E-state index >= 15 is 0 Å². The summed E-state index contributed by atoms with van der Waals surface area (Å²) in [4.78, 5) is 2.81. The van der Waals surface area contributed by atoms with Crippen LogP contribution in [0.2, 0.25) is 0 Å². The van der Waals surface area contributed by atoms with E-state index in [0.717, 1.165) is 18.5 Å².